The first-order valence-electron chi connectivity index (χ1n) is 10.5. The van der Waals surface area contributed by atoms with Gasteiger partial charge in [-0.05, 0) is 62.2 Å². The van der Waals surface area contributed by atoms with Crippen LogP contribution < -0.4 is 5.32 Å². The highest BCUT2D eigenvalue weighted by molar-refractivity contribution is 6.35. The van der Waals surface area contributed by atoms with Gasteiger partial charge in [0.25, 0.3) is 0 Å². The predicted octanol–water partition coefficient (Wildman–Crippen LogP) is 5.88. The molecule has 3 nitrogen and oxygen atoms in total. The SMILES string of the molecule is CCN1CCC[C@@H]1CNCc1c(C)n(Cc2ccc(Cl)cc2Cl)c2ccccc12. The molecule has 3 aromatic rings. The van der Waals surface area contributed by atoms with Gasteiger partial charge >= 0.3 is 0 Å². The van der Waals surface area contributed by atoms with Crippen molar-refractivity contribution in [2.75, 3.05) is 19.6 Å². The molecule has 4 rings (SSSR count). The predicted molar refractivity (Wildman–Crippen MR) is 124 cm³/mol. The number of rotatable bonds is 7. The van der Waals surface area contributed by atoms with E-state index in [1.807, 2.05) is 18.2 Å². The van der Waals surface area contributed by atoms with E-state index in [9.17, 15) is 0 Å². The van der Waals surface area contributed by atoms with E-state index in [1.165, 1.54) is 41.5 Å². The second kappa shape index (κ2) is 9.09. The van der Waals surface area contributed by atoms with E-state index in [0.29, 0.717) is 11.1 Å². The molecule has 0 spiro atoms. The van der Waals surface area contributed by atoms with E-state index in [0.717, 1.165) is 36.8 Å². The molecule has 1 aromatic heterocycles. The summed E-state index contributed by atoms with van der Waals surface area (Å²) in [5.74, 6) is 0. The minimum Gasteiger partial charge on any atom is -0.340 e. The van der Waals surface area contributed by atoms with E-state index < -0.39 is 0 Å². The number of aromatic nitrogens is 1. The molecule has 0 unspecified atom stereocenters. The maximum absolute atomic E-state index is 6.46. The lowest BCUT2D eigenvalue weighted by Crippen LogP contribution is -2.37. The van der Waals surface area contributed by atoms with Crippen molar-refractivity contribution in [2.24, 2.45) is 0 Å². The highest BCUT2D eigenvalue weighted by Crippen LogP contribution is 2.29. The number of hydrogen-bond donors (Lipinski definition) is 1. The number of benzene rings is 2. The van der Waals surface area contributed by atoms with Crippen LogP contribution in [0.4, 0.5) is 0 Å². The molecule has 5 heteroatoms. The van der Waals surface area contributed by atoms with Crippen LogP contribution in [0.25, 0.3) is 10.9 Å². The van der Waals surface area contributed by atoms with Gasteiger partial charge < -0.3 is 9.88 Å². The average molecular weight is 430 g/mol. The van der Waals surface area contributed by atoms with Crippen LogP contribution >= 0.6 is 23.2 Å². The van der Waals surface area contributed by atoms with Gasteiger partial charge in [-0.2, -0.15) is 0 Å². The fraction of sp³-hybridized carbons (Fsp3) is 0.417. The molecule has 0 bridgehead atoms. The third-order valence-corrected chi connectivity index (χ3v) is 6.88. The van der Waals surface area contributed by atoms with Gasteiger partial charge in [-0.1, -0.05) is 54.4 Å². The topological polar surface area (TPSA) is 20.2 Å². The second-order valence-electron chi connectivity index (χ2n) is 7.96. The Balaban J connectivity index is 1.57. The molecule has 0 radical (unpaired) electrons. The van der Waals surface area contributed by atoms with Crippen molar-refractivity contribution in [3.63, 3.8) is 0 Å². The molecule has 2 heterocycles. The first-order chi connectivity index (χ1) is 14.1. The Kier molecular flexibility index (Phi) is 6.50. The molecule has 154 valence electrons. The molecule has 0 aliphatic carbocycles. The van der Waals surface area contributed by atoms with Crippen molar-refractivity contribution in [1.82, 2.24) is 14.8 Å². The van der Waals surface area contributed by atoms with E-state index >= 15 is 0 Å². The molecular weight excluding hydrogens is 401 g/mol. The number of nitrogens with one attached hydrogen (secondary N) is 1. The summed E-state index contributed by atoms with van der Waals surface area (Å²) in [5, 5.41) is 6.45. The average Bonchev–Trinajstić information content (AvgIpc) is 3.27. The summed E-state index contributed by atoms with van der Waals surface area (Å²) in [5.41, 5.74) is 5.02. The normalized spacial score (nSPS) is 17.4. The number of halogens is 2. The summed E-state index contributed by atoms with van der Waals surface area (Å²) in [7, 11) is 0. The van der Waals surface area contributed by atoms with Gasteiger partial charge in [-0.25, -0.2) is 0 Å². The van der Waals surface area contributed by atoms with Gasteiger partial charge in [-0.15, -0.1) is 0 Å². The van der Waals surface area contributed by atoms with Crippen molar-refractivity contribution >= 4 is 34.1 Å². The van der Waals surface area contributed by atoms with Crippen LogP contribution in [0, 0.1) is 6.92 Å². The van der Waals surface area contributed by atoms with Crippen molar-refractivity contribution in [2.45, 2.75) is 45.8 Å². The van der Waals surface area contributed by atoms with Gasteiger partial charge in [-0.3, -0.25) is 4.90 Å². The number of likely N-dealkylation sites (N-methyl/N-ethyl adjacent to an activating group) is 1. The second-order valence-corrected chi connectivity index (χ2v) is 8.80. The number of para-hydroxylation sites is 1. The molecule has 2 aromatic carbocycles. The zero-order valence-corrected chi connectivity index (χ0v) is 18.7. The largest absolute Gasteiger partial charge is 0.340 e. The Morgan fingerprint density at radius 2 is 1.97 bits per heavy atom. The Morgan fingerprint density at radius 3 is 2.76 bits per heavy atom. The molecule has 1 aliphatic heterocycles. The lowest BCUT2D eigenvalue weighted by atomic mass is 10.1. The summed E-state index contributed by atoms with van der Waals surface area (Å²) in [6, 6.07) is 15.1. The third-order valence-electron chi connectivity index (χ3n) is 6.29. The first kappa shape index (κ1) is 20.7. The van der Waals surface area contributed by atoms with Crippen molar-refractivity contribution < 1.29 is 0 Å². The van der Waals surface area contributed by atoms with Gasteiger partial charge in [0.05, 0.1) is 0 Å². The van der Waals surface area contributed by atoms with E-state index in [2.05, 4.69) is 52.9 Å². The standard InChI is InChI=1S/C24H29Cl2N3/c1-3-28-12-6-7-20(28)14-27-15-22-17(2)29(24-9-5-4-8-21(22)24)16-18-10-11-19(25)13-23(18)26/h4-5,8-11,13,20,27H,3,6-7,12,14-16H2,1-2H3/t20-/m1/s1. The minimum absolute atomic E-state index is 0.668. The first-order valence-corrected chi connectivity index (χ1v) is 11.3. The minimum atomic E-state index is 0.668. The van der Waals surface area contributed by atoms with Gasteiger partial charge in [0.15, 0.2) is 0 Å². The fourth-order valence-corrected chi connectivity index (χ4v) is 5.12. The Bertz CT molecular complexity index is 995. The Morgan fingerprint density at radius 1 is 1.14 bits per heavy atom. The molecule has 1 N–H and O–H groups in total. The number of fused-ring (bicyclic) bond motifs is 1. The van der Waals surface area contributed by atoms with Crippen molar-refractivity contribution in [3.05, 3.63) is 69.3 Å². The lowest BCUT2D eigenvalue weighted by molar-refractivity contribution is 0.260. The van der Waals surface area contributed by atoms with E-state index in [-0.39, 0.29) is 0 Å². The lowest BCUT2D eigenvalue weighted by Gasteiger charge is -2.23. The third kappa shape index (κ3) is 4.34. The van der Waals surface area contributed by atoms with Crippen LogP contribution in [0.1, 0.15) is 36.6 Å². The monoisotopic (exact) mass is 429 g/mol. The van der Waals surface area contributed by atoms with Crippen LogP contribution in [-0.2, 0) is 13.1 Å². The smallest absolute Gasteiger partial charge is 0.0493 e. The quantitative estimate of drug-likeness (QED) is 0.505. The van der Waals surface area contributed by atoms with Crippen LogP contribution in [-0.4, -0.2) is 35.1 Å². The summed E-state index contributed by atoms with van der Waals surface area (Å²) >= 11 is 12.5. The van der Waals surface area contributed by atoms with Crippen LogP contribution in [0.5, 0.6) is 0 Å². The molecule has 1 atom stereocenters. The highest BCUT2D eigenvalue weighted by Gasteiger charge is 2.22. The number of nitrogens with zero attached hydrogens (tertiary/aromatic N) is 2. The maximum atomic E-state index is 6.46. The van der Waals surface area contributed by atoms with Crippen LogP contribution in [0.3, 0.4) is 0 Å². The summed E-state index contributed by atoms with van der Waals surface area (Å²) in [6.07, 6.45) is 2.62. The van der Waals surface area contributed by atoms with Crippen molar-refractivity contribution in [1.29, 1.82) is 0 Å². The molecule has 1 aliphatic rings. The van der Waals surface area contributed by atoms with Gasteiger partial charge in [0.1, 0.15) is 0 Å². The van der Waals surface area contributed by atoms with Crippen LogP contribution in [0.2, 0.25) is 10.0 Å². The van der Waals surface area contributed by atoms with Crippen LogP contribution in [0.15, 0.2) is 42.5 Å². The zero-order valence-electron chi connectivity index (χ0n) is 17.2. The zero-order chi connectivity index (χ0) is 20.4. The van der Waals surface area contributed by atoms with Gasteiger partial charge in [0.2, 0.25) is 0 Å². The summed E-state index contributed by atoms with van der Waals surface area (Å²) in [6.45, 7) is 9.55. The fourth-order valence-electron chi connectivity index (χ4n) is 4.66. The maximum Gasteiger partial charge on any atom is 0.0493 e. The Hall–Kier alpha value is -1.52. The summed E-state index contributed by atoms with van der Waals surface area (Å²) in [4.78, 5) is 2.59. The van der Waals surface area contributed by atoms with Gasteiger partial charge in [0, 0.05) is 52.3 Å². The molecule has 0 saturated carbocycles. The molecule has 1 saturated heterocycles. The van der Waals surface area contributed by atoms with E-state index in [1.54, 1.807) is 0 Å². The molecule has 29 heavy (non-hydrogen) atoms. The van der Waals surface area contributed by atoms with E-state index in [4.69, 9.17) is 23.2 Å². The Labute approximate surface area is 183 Å². The number of hydrogen-bond acceptors (Lipinski definition) is 2. The number of likely N-dealkylation sites (tertiary alicyclic amines) is 1. The molecule has 1 fully saturated rings. The molecular formula is C24H29Cl2N3. The summed E-state index contributed by atoms with van der Waals surface area (Å²) < 4.78 is 2.37. The van der Waals surface area contributed by atoms with Crippen molar-refractivity contribution in [3.8, 4) is 0 Å². The highest BCUT2D eigenvalue weighted by atomic mass is 35.5. The molecule has 0 amide bonds.